The van der Waals surface area contributed by atoms with Crippen LogP contribution in [0.3, 0.4) is 0 Å². The number of carboxylic acids is 2. The number of carbonyl (C=O) groups is 4. The van der Waals surface area contributed by atoms with Gasteiger partial charge < -0.3 is 26.1 Å². The first-order valence-electron chi connectivity index (χ1n) is 12.2. The van der Waals surface area contributed by atoms with Crippen LogP contribution in [0.5, 0.6) is 0 Å². The van der Waals surface area contributed by atoms with E-state index in [0.29, 0.717) is 17.2 Å². The molecule has 216 valence electrons. The number of fused-ring (bicyclic) bond motifs is 1. The third-order valence-electron chi connectivity index (χ3n) is 6.18. The number of nitrogen functional groups attached to an aromatic ring is 1. The van der Waals surface area contributed by atoms with Crippen LogP contribution in [-0.2, 0) is 30.6 Å². The lowest BCUT2D eigenvalue weighted by Crippen LogP contribution is -2.71. The Kier molecular flexibility index (Phi) is 8.54. The molecule has 0 radical (unpaired) electrons. The number of nitrogens with two attached hydrogens (primary N) is 1. The maximum absolute atomic E-state index is 13.2. The summed E-state index contributed by atoms with van der Waals surface area (Å²) < 4.78 is 1.32. The van der Waals surface area contributed by atoms with E-state index in [9.17, 15) is 24.3 Å². The number of hydrogen-bond donors (Lipinski definition) is 4. The van der Waals surface area contributed by atoms with Gasteiger partial charge >= 0.3 is 11.9 Å². The van der Waals surface area contributed by atoms with Crippen LogP contribution in [0, 0.1) is 0 Å². The molecular weight excluding hydrogens is 598 g/mol. The van der Waals surface area contributed by atoms with Crippen LogP contribution in [0.25, 0.3) is 0 Å². The molecule has 5 N–H and O–H groups in total. The van der Waals surface area contributed by atoms with Gasteiger partial charge in [0.25, 0.3) is 11.8 Å². The van der Waals surface area contributed by atoms with Crippen molar-refractivity contribution in [2.75, 3.05) is 17.2 Å². The fourth-order valence-corrected chi connectivity index (χ4v) is 7.15. The Balaban J connectivity index is 1.28. The molecule has 2 aromatic heterocycles. The number of anilines is 1. The number of nitrogens with zero attached hydrogens (tertiary/aromatic N) is 7. The number of carboxylic acid groups (broad SMARTS) is 2. The van der Waals surface area contributed by atoms with Gasteiger partial charge in [-0.2, -0.15) is 0 Å². The summed E-state index contributed by atoms with van der Waals surface area (Å²) in [5.41, 5.74) is 6.09. The lowest BCUT2D eigenvalue weighted by Gasteiger charge is -2.49. The minimum atomic E-state index is -1.28. The summed E-state index contributed by atoms with van der Waals surface area (Å²) in [6, 6.07) is -0.994. The fraction of sp³-hybridized carbons (Fsp3) is 0.409. The van der Waals surface area contributed by atoms with Crippen molar-refractivity contribution < 1.29 is 34.2 Å². The molecule has 4 heterocycles. The van der Waals surface area contributed by atoms with Gasteiger partial charge in [0.2, 0.25) is 5.16 Å². The van der Waals surface area contributed by atoms with Crippen molar-refractivity contribution >= 4 is 69.5 Å². The number of aliphatic carboxylic acids is 2. The van der Waals surface area contributed by atoms with Gasteiger partial charge in [0.1, 0.15) is 28.9 Å². The number of thiazole rings is 1. The first-order valence-corrected chi connectivity index (χ1v) is 15.1. The first kappa shape index (κ1) is 28.6. The van der Waals surface area contributed by atoms with Crippen molar-refractivity contribution in [1.29, 1.82) is 0 Å². The Labute approximate surface area is 244 Å². The summed E-state index contributed by atoms with van der Waals surface area (Å²) in [7, 11) is 0. The third kappa shape index (κ3) is 6.20. The molecule has 1 saturated heterocycles. The monoisotopic (exact) mass is 621 g/mol. The van der Waals surface area contributed by atoms with E-state index in [1.54, 1.807) is 5.38 Å². The zero-order valence-corrected chi connectivity index (χ0v) is 23.5. The van der Waals surface area contributed by atoms with E-state index >= 15 is 0 Å². The lowest BCUT2D eigenvalue weighted by molar-refractivity contribution is -0.150. The number of amides is 2. The van der Waals surface area contributed by atoms with Gasteiger partial charge in [0.15, 0.2) is 10.8 Å². The van der Waals surface area contributed by atoms with E-state index in [0.717, 1.165) is 34.4 Å². The second-order valence-electron chi connectivity index (χ2n) is 8.90. The number of carbonyl (C=O) groups excluding carboxylic acids is 2. The van der Waals surface area contributed by atoms with E-state index in [1.165, 1.54) is 16.4 Å². The molecule has 0 aromatic carbocycles. The van der Waals surface area contributed by atoms with Crippen LogP contribution in [0.15, 0.2) is 39.1 Å². The molecule has 2 unspecified atom stereocenters. The number of nitrogens with one attached hydrogen (secondary N) is 1. The quantitative estimate of drug-likeness (QED) is 0.0814. The Bertz CT molecular complexity index is 1470. The number of allylic oxidation sites excluding steroid dienone is 1. The van der Waals surface area contributed by atoms with Crippen molar-refractivity contribution in [3.05, 3.63) is 34.5 Å². The maximum Gasteiger partial charge on any atom is 0.352 e. The Morgan fingerprint density at radius 3 is 2.83 bits per heavy atom. The van der Waals surface area contributed by atoms with Crippen LogP contribution in [-0.4, -0.2) is 98.8 Å². The molecular formula is C22H23N9O7S3. The average molecular weight is 622 g/mol. The topological polar surface area (TPSA) is 228 Å². The number of aryl methyl sites for hydroxylation is 1. The third-order valence-corrected chi connectivity index (χ3v) is 9.23. The van der Waals surface area contributed by atoms with Gasteiger partial charge in [0.05, 0.1) is 13.0 Å². The lowest BCUT2D eigenvalue weighted by atomic mass is 10.0. The molecule has 3 atom stereocenters. The molecule has 2 aromatic rings. The Hall–Kier alpha value is -3.97. The molecule has 19 heteroatoms. The molecule has 0 bridgehead atoms. The van der Waals surface area contributed by atoms with Gasteiger partial charge in [-0.3, -0.25) is 19.3 Å². The fourth-order valence-electron chi connectivity index (χ4n) is 4.21. The Morgan fingerprint density at radius 1 is 1.32 bits per heavy atom. The molecule has 2 aliphatic heterocycles. The molecule has 0 saturated carbocycles. The number of thioether (sulfide) groups is 2. The summed E-state index contributed by atoms with van der Waals surface area (Å²) in [5, 5.41) is 38.2. The highest BCUT2D eigenvalue weighted by Gasteiger charge is 2.54. The average Bonchev–Trinajstić information content (AvgIpc) is 3.71. The smallest absolute Gasteiger partial charge is 0.352 e. The molecule has 16 nitrogen and oxygen atoms in total. The molecule has 3 aliphatic rings. The Morgan fingerprint density at radius 2 is 2.15 bits per heavy atom. The number of aromatic nitrogens is 5. The summed E-state index contributed by atoms with van der Waals surface area (Å²) in [6.45, 7) is 0.0551. The van der Waals surface area contributed by atoms with Crippen molar-refractivity contribution in [3.63, 3.8) is 0 Å². The van der Waals surface area contributed by atoms with Gasteiger partial charge in [-0.05, 0) is 34.9 Å². The zero-order valence-electron chi connectivity index (χ0n) is 21.1. The number of tetrazole rings is 1. The summed E-state index contributed by atoms with van der Waals surface area (Å²) in [5.74, 6) is -3.15. The van der Waals surface area contributed by atoms with Gasteiger partial charge in [-0.25, -0.2) is 14.5 Å². The first-order chi connectivity index (χ1) is 19.7. The molecule has 0 spiro atoms. The SMILES string of the molecule is Nc1nc(C(=NOC2C=CCC2)C(=O)NC2C(=O)N3C(C(=O)O)=C(CSc4nnnn4CCC(=O)O)CS[C@@H]23)cs1. The minimum absolute atomic E-state index is 0.0551. The van der Waals surface area contributed by atoms with Crippen molar-refractivity contribution in [3.8, 4) is 0 Å². The summed E-state index contributed by atoms with van der Waals surface area (Å²) in [4.78, 5) is 60.2. The number of β-lactam (4-membered cyclic amide) rings is 1. The van der Waals surface area contributed by atoms with Crippen LogP contribution in [0.2, 0.25) is 0 Å². The summed E-state index contributed by atoms with van der Waals surface area (Å²) in [6.07, 6.45) is 4.87. The zero-order chi connectivity index (χ0) is 29.1. The van der Waals surface area contributed by atoms with E-state index in [4.69, 9.17) is 15.7 Å². The molecule has 1 fully saturated rings. The number of oxime groups is 1. The largest absolute Gasteiger partial charge is 0.481 e. The number of hydrogen-bond acceptors (Lipinski definition) is 14. The van der Waals surface area contributed by atoms with E-state index in [2.05, 4.69) is 31.0 Å². The van der Waals surface area contributed by atoms with Crippen LogP contribution in [0.1, 0.15) is 25.0 Å². The maximum atomic E-state index is 13.2. The van der Waals surface area contributed by atoms with Crippen LogP contribution < -0.4 is 11.1 Å². The highest BCUT2D eigenvalue weighted by molar-refractivity contribution is 8.01. The van der Waals surface area contributed by atoms with Crippen LogP contribution in [0.4, 0.5) is 5.13 Å². The highest BCUT2D eigenvalue weighted by atomic mass is 32.2. The normalized spacial score (nSPS) is 22.0. The highest BCUT2D eigenvalue weighted by Crippen LogP contribution is 2.41. The van der Waals surface area contributed by atoms with Crippen molar-refractivity contribution in [1.82, 2.24) is 35.4 Å². The second kappa shape index (κ2) is 12.3. The van der Waals surface area contributed by atoms with E-state index in [-0.39, 0.29) is 52.8 Å². The molecule has 5 rings (SSSR count). The van der Waals surface area contributed by atoms with Crippen LogP contribution >= 0.6 is 34.9 Å². The summed E-state index contributed by atoms with van der Waals surface area (Å²) >= 11 is 3.56. The van der Waals surface area contributed by atoms with Gasteiger partial charge in [-0.1, -0.05) is 23.0 Å². The van der Waals surface area contributed by atoms with Gasteiger partial charge in [0, 0.05) is 16.9 Å². The van der Waals surface area contributed by atoms with Crippen molar-refractivity contribution in [2.45, 2.75) is 48.5 Å². The molecule has 41 heavy (non-hydrogen) atoms. The standard InChI is InChI=1S/C22H23N9O7S3/c23-21-24-12(9-40-21)14(27-38-11-3-1-2-4-11)17(34)25-15-18(35)31-16(20(36)37)10(7-39-19(15)31)8-41-22-26-28-29-30(22)6-5-13(32)33/h1,3,9,11,15,19H,2,4-8H2,(H2,23,24)(H,25,34)(H,32,33)(H,36,37)/t11?,15?,19-/m0/s1. The molecule has 1 aliphatic carbocycles. The second-order valence-corrected chi connectivity index (χ2v) is 11.8. The van der Waals surface area contributed by atoms with E-state index < -0.39 is 35.2 Å². The van der Waals surface area contributed by atoms with Crippen molar-refractivity contribution in [2.24, 2.45) is 5.16 Å². The van der Waals surface area contributed by atoms with Gasteiger partial charge in [-0.15, -0.1) is 28.2 Å². The van der Waals surface area contributed by atoms with E-state index in [1.807, 2.05) is 12.2 Å². The predicted octanol–water partition coefficient (Wildman–Crippen LogP) is 0.157. The number of rotatable bonds is 12. The minimum Gasteiger partial charge on any atom is -0.481 e. The molecule has 2 amide bonds. The predicted molar refractivity (Wildman–Crippen MR) is 147 cm³/mol.